The van der Waals surface area contributed by atoms with Gasteiger partial charge in [0.15, 0.2) is 0 Å². The van der Waals surface area contributed by atoms with Crippen molar-refractivity contribution in [2.45, 2.75) is 58.0 Å². The van der Waals surface area contributed by atoms with Gasteiger partial charge in [-0.3, -0.25) is 0 Å². The number of likely N-dealkylation sites (N-methyl/N-ethyl adjacent to an activating group) is 1. The van der Waals surface area contributed by atoms with Crippen LogP contribution in [0, 0.1) is 11.3 Å². The van der Waals surface area contributed by atoms with Crippen LogP contribution >= 0.6 is 0 Å². The van der Waals surface area contributed by atoms with Gasteiger partial charge < -0.3 is 14.4 Å². The second kappa shape index (κ2) is 6.85. The first-order valence-electron chi connectivity index (χ1n) is 7.90. The monoisotopic (exact) mass is 267 g/mol. The fraction of sp³-hybridized carbons (Fsp3) is 0.938. The van der Waals surface area contributed by atoms with Crippen molar-refractivity contribution < 1.29 is 9.53 Å². The zero-order valence-corrected chi connectivity index (χ0v) is 12.6. The Balaban J connectivity index is 1.84. The van der Waals surface area contributed by atoms with Crippen molar-refractivity contribution >= 4 is 6.29 Å². The van der Waals surface area contributed by atoms with Crippen LogP contribution in [0.25, 0.3) is 0 Å². The molecule has 0 amide bonds. The fourth-order valence-corrected chi connectivity index (χ4v) is 3.89. The molecule has 3 heteroatoms. The van der Waals surface area contributed by atoms with Crippen LogP contribution in [-0.2, 0) is 9.53 Å². The summed E-state index contributed by atoms with van der Waals surface area (Å²) in [6, 6.07) is 0. The summed E-state index contributed by atoms with van der Waals surface area (Å²) in [6.45, 7) is 5.07. The van der Waals surface area contributed by atoms with Gasteiger partial charge in [0.2, 0.25) is 0 Å². The molecule has 1 aliphatic heterocycles. The minimum atomic E-state index is -0.0961. The molecule has 3 nitrogen and oxygen atoms in total. The summed E-state index contributed by atoms with van der Waals surface area (Å²) in [5.41, 5.74) is -0.0961. The minimum Gasteiger partial charge on any atom is -0.377 e. The third kappa shape index (κ3) is 4.28. The van der Waals surface area contributed by atoms with E-state index in [9.17, 15) is 4.79 Å². The van der Waals surface area contributed by atoms with E-state index >= 15 is 0 Å². The lowest BCUT2D eigenvalue weighted by molar-refractivity contribution is -0.120. The highest BCUT2D eigenvalue weighted by Crippen LogP contribution is 2.38. The van der Waals surface area contributed by atoms with Gasteiger partial charge in [0.1, 0.15) is 6.29 Å². The standard InChI is InChI=1S/C16H29NO2/c1-14-6-5-8-16(10-14,13-18)12-17(2)11-15-7-3-4-9-19-15/h13-15H,3-12H2,1-2H3. The van der Waals surface area contributed by atoms with Crippen LogP contribution in [0.5, 0.6) is 0 Å². The Morgan fingerprint density at radius 1 is 1.32 bits per heavy atom. The number of ether oxygens (including phenoxy) is 1. The second-order valence-electron chi connectivity index (χ2n) is 6.87. The third-order valence-electron chi connectivity index (χ3n) is 4.75. The van der Waals surface area contributed by atoms with E-state index in [1.165, 1.54) is 38.4 Å². The van der Waals surface area contributed by atoms with Crippen LogP contribution in [0.3, 0.4) is 0 Å². The quantitative estimate of drug-likeness (QED) is 0.717. The van der Waals surface area contributed by atoms with Gasteiger partial charge in [-0.2, -0.15) is 0 Å². The molecule has 0 bridgehead atoms. The largest absolute Gasteiger partial charge is 0.377 e. The maximum Gasteiger partial charge on any atom is 0.127 e. The SMILES string of the molecule is CC1CCCC(C=O)(CN(C)CC2CCCCO2)C1. The molecule has 2 rings (SSSR count). The van der Waals surface area contributed by atoms with Crippen molar-refractivity contribution in [1.29, 1.82) is 0 Å². The van der Waals surface area contributed by atoms with Gasteiger partial charge in [0, 0.05) is 25.1 Å². The van der Waals surface area contributed by atoms with E-state index in [1.54, 1.807) is 0 Å². The molecule has 19 heavy (non-hydrogen) atoms. The number of rotatable bonds is 5. The normalized spacial score (nSPS) is 36.4. The molecule has 0 radical (unpaired) electrons. The summed E-state index contributed by atoms with van der Waals surface area (Å²) in [6.07, 6.45) is 9.89. The molecule has 1 saturated heterocycles. The van der Waals surface area contributed by atoms with E-state index in [-0.39, 0.29) is 5.41 Å². The summed E-state index contributed by atoms with van der Waals surface area (Å²) < 4.78 is 5.80. The predicted molar refractivity (Wildman–Crippen MR) is 77.2 cm³/mol. The summed E-state index contributed by atoms with van der Waals surface area (Å²) in [7, 11) is 2.14. The van der Waals surface area contributed by atoms with Crippen molar-refractivity contribution in [3.05, 3.63) is 0 Å². The first-order valence-corrected chi connectivity index (χ1v) is 7.90. The Bertz CT molecular complexity index is 288. The number of hydrogen-bond donors (Lipinski definition) is 0. The maximum absolute atomic E-state index is 11.6. The number of hydrogen-bond acceptors (Lipinski definition) is 3. The van der Waals surface area contributed by atoms with Gasteiger partial charge in [-0.1, -0.05) is 19.8 Å². The number of carbonyl (C=O) groups excluding carboxylic acids is 1. The van der Waals surface area contributed by atoms with E-state index in [2.05, 4.69) is 18.9 Å². The van der Waals surface area contributed by atoms with Gasteiger partial charge in [-0.25, -0.2) is 0 Å². The molecule has 1 saturated carbocycles. The topological polar surface area (TPSA) is 29.5 Å². The Kier molecular flexibility index (Phi) is 5.40. The van der Waals surface area contributed by atoms with Gasteiger partial charge in [0.25, 0.3) is 0 Å². The first-order chi connectivity index (χ1) is 9.13. The third-order valence-corrected chi connectivity index (χ3v) is 4.75. The van der Waals surface area contributed by atoms with Crippen molar-refractivity contribution in [3.63, 3.8) is 0 Å². The molecule has 3 unspecified atom stereocenters. The number of carbonyl (C=O) groups is 1. The average Bonchev–Trinajstić information content (AvgIpc) is 2.39. The van der Waals surface area contributed by atoms with E-state index in [1.807, 2.05) is 0 Å². The van der Waals surface area contributed by atoms with Crippen LogP contribution < -0.4 is 0 Å². The highest BCUT2D eigenvalue weighted by atomic mass is 16.5. The Labute approximate surface area is 117 Å². The second-order valence-corrected chi connectivity index (χ2v) is 6.87. The van der Waals surface area contributed by atoms with Crippen molar-refractivity contribution in [2.75, 3.05) is 26.7 Å². The van der Waals surface area contributed by atoms with E-state index in [0.717, 1.165) is 32.5 Å². The van der Waals surface area contributed by atoms with Gasteiger partial charge in [-0.05, 0) is 45.1 Å². The maximum atomic E-state index is 11.6. The Hall–Kier alpha value is -0.410. The lowest BCUT2D eigenvalue weighted by Gasteiger charge is -2.39. The number of aldehydes is 1. The Morgan fingerprint density at radius 2 is 2.16 bits per heavy atom. The summed E-state index contributed by atoms with van der Waals surface area (Å²) in [4.78, 5) is 13.9. The zero-order valence-electron chi connectivity index (χ0n) is 12.6. The molecule has 110 valence electrons. The lowest BCUT2D eigenvalue weighted by Crippen LogP contribution is -2.43. The first kappa shape index (κ1) is 15.0. The molecule has 0 aromatic heterocycles. The van der Waals surface area contributed by atoms with Crippen LogP contribution in [0.15, 0.2) is 0 Å². The summed E-state index contributed by atoms with van der Waals surface area (Å²) in [5.74, 6) is 0.693. The van der Waals surface area contributed by atoms with Crippen molar-refractivity contribution in [2.24, 2.45) is 11.3 Å². The molecule has 2 fully saturated rings. The molecular formula is C16H29NO2. The molecule has 0 N–H and O–H groups in total. The molecule has 0 aromatic rings. The van der Waals surface area contributed by atoms with Gasteiger partial charge in [0.05, 0.1) is 6.10 Å². The fourth-order valence-electron chi connectivity index (χ4n) is 3.89. The Morgan fingerprint density at radius 3 is 2.79 bits per heavy atom. The van der Waals surface area contributed by atoms with Crippen LogP contribution in [0.1, 0.15) is 51.9 Å². The number of nitrogens with zero attached hydrogens (tertiary/aromatic N) is 1. The van der Waals surface area contributed by atoms with Gasteiger partial charge >= 0.3 is 0 Å². The van der Waals surface area contributed by atoms with Crippen LogP contribution in [-0.4, -0.2) is 44.0 Å². The van der Waals surface area contributed by atoms with Crippen LogP contribution in [0.4, 0.5) is 0 Å². The van der Waals surface area contributed by atoms with Crippen LogP contribution in [0.2, 0.25) is 0 Å². The molecule has 3 atom stereocenters. The van der Waals surface area contributed by atoms with E-state index < -0.39 is 0 Å². The molecule has 1 heterocycles. The molecule has 2 aliphatic rings. The van der Waals surface area contributed by atoms with Crippen molar-refractivity contribution in [3.8, 4) is 0 Å². The molecular weight excluding hydrogens is 238 g/mol. The highest BCUT2D eigenvalue weighted by Gasteiger charge is 2.36. The summed E-state index contributed by atoms with van der Waals surface area (Å²) >= 11 is 0. The summed E-state index contributed by atoms with van der Waals surface area (Å²) in [5, 5.41) is 0. The predicted octanol–water partition coefficient (Wildman–Crippen LogP) is 2.88. The molecule has 1 aliphatic carbocycles. The smallest absolute Gasteiger partial charge is 0.127 e. The molecule has 0 aromatic carbocycles. The zero-order chi connectivity index (χ0) is 13.7. The van der Waals surface area contributed by atoms with Gasteiger partial charge in [-0.15, -0.1) is 0 Å². The molecule has 0 spiro atoms. The van der Waals surface area contributed by atoms with E-state index in [4.69, 9.17) is 4.74 Å². The highest BCUT2D eigenvalue weighted by molar-refractivity contribution is 5.60. The lowest BCUT2D eigenvalue weighted by atomic mass is 9.70. The van der Waals surface area contributed by atoms with E-state index in [0.29, 0.717) is 12.0 Å². The van der Waals surface area contributed by atoms with Crippen molar-refractivity contribution in [1.82, 2.24) is 4.90 Å². The average molecular weight is 267 g/mol. The minimum absolute atomic E-state index is 0.0961.